The van der Waals surface area contributed by atoms with E-state index in [1.54, 1.807) is 0 Å². The molecule has 5 aromatic rings. The first-order chi connectivity index (χ1) is 18.1. The summed E-state index contributed by atoms with van der Waals surface area (Å²) in [5.74, 6) is -1.19. The van der Waals surface area contributed by atoms with Crippen molar-refractivity contribution in [3.8, 4) is 16.9 Å². The van der Waals surface area contributed by atoms with Gasteiger partial charge in [-0.15, -0.1) is 11.8 Å². The van der Waals surface area contributed by atoms with E-state index in [0.29, 0.717) is 24.3 Å². The Hall–Kier alpha value is -4.29. The molecule has 0 aliphatic heterocycles. The zero-order valence-corrected chi connectivity index (χ0v) is 21.2. The Bertz CT molecular complexity index is 1580. The third-order valence-corrected chi connectivity index (χ3v) is 7.17. The van der Waals surface area contributed by atoms with E-state index in [1.165, 1.54) is 11.8 Å². The molecule has 1 amide bonds. The Morgan fingerprint density at radius 1 is 0.865 bits per heavy atom. The number of amides is 1. The molecular formula is C31H26N2O3S. The number of nitrogens with two attached hydrogens (primary N) is 1. The number of carbonyl (C=O) groups is 2. The van der Waals surface area contributed by atoms with Crippen LogP contribution in [0.4, 0.5) is 0 Å². The largest absolute Gasteiger partial charge is 0.487 e. The number of fused-ring (bicyclic) bond motifs is 1. The van der Waals surface area contributed by atoms with Gasteiger partial charge in [0.25, 0.3) is 11.7 Å². The normalized spacial score (nSPS) is 10.9. The topological polar surface area (TPSA) is 73.8 Å². The van der Waals surface area contributed by atoms with E-state index in [-0.39, 0.29) is 5.56 Å². The van der Waals surface area contributed by atoms with Crippen molar-refractivity contribution in [3.05, 3.63) is 126 Å². The molecule has 0 fully saturated rings. The van der Waals surface area contributed by atoms with E-state index in [0.717, 1.165) is 32.8 Å². The lowest BCUT2D eigenvalue weighted by molar-refractivity contribution is -0.114. The van der Waals surface area contributed by atoms with Crippen LogP contribution in [0.25, 0.3) is 16.6 Å². The van der Waals surface area contributed by atoms with Crippen LogP contribution >= 0.6 is 11.8 Å². The second-order valence-electron chi connectivity index (χ2n) is 8.61. The number of carbonyl (C=O) groups excluding carboxylic acids is 2. The summed E-state index contributed by atoms with van der Waals surface area (Å²) in [5, 5.41) is 0. The molecule has 5 nitrogen and oxygen atoms in total. The van der Waals surface area contributed by atoms with Crippen molar-refractivity contribution >= 4 is 29.0 Å². The van der Waals surface area contributed by atoms with E-state index >= 15 is 0 Å². The first-order valence-electron chi connectivity index (χ1n) is 11.9. The molecule has 0 saturated carbocycles. The van der Waals surface area contributed by atoms with Gasteiger partial charge in [-0.05, 0) is 40.6 Å². The highest BCUT2D eigenvalue weighted by Gasteiger charge is 2.28. The number of ether oxygens (including phenoxy) is 1. The molecule has 0 unspecified atom stereocenters. The minimum absolute atomic E-state index is 0.288. The van der Waals surface area contributed by atoms with E-state index in [9.17, 15) is 9.59 Å². The highest BCUT2D eigenvalue weighted by atomic mass is 32.2. The van der Waals surface area contributed by atoms with Crippen LogP contribution in [0.2, 0.25) is 0 Å². The standard InChI is InChI=1S/C31H26N2O3S/c1-37-30-25(19-23-15-8-9-16-24(23)22-13-6-3-7-14-22)33-18-10-17-26(28(33)27(30)29(34)31(32)35)36-20-21-11-4-2-5-12-21/h2-18H,19-20H2,1H3,(H2,32,35). The molecule has 0 spiro atoms. The Balaban J connectivity index is 1.67. The van der Waals surface area contributed by atoms with Gasteiger partial charge in [0, 0.05) is 23.2 Å². The monoisotopic (exact) mass is 506 g/mol. The lowest BCUT2D eigenvalue weighted by atomic mass is 9.96. The average Bonchev–Trinajstić information content (AvgIpc) is 3.26. The Morgan fingerprint density at radius 2 is 1.54 bits per heavy atom. The number of hydrogen-bond donors (Lipinski definition) is 1. The van der Waals surface area contributed by atoms with E-state index < -0.39 is 11.7 Å². The second kappa shape index (κ2) is 10.8. The van der Waals surface area contributed by atoms with Crippen molar-refractivity contribution in [3.63, 3.8) is 0 Å². The van der Waals surface area contributed by atoms with Crippen LogP contribution in [0.15, 0.2) is 108 Å². The van der Waals surface area contributed by atoms with Gasteiger partial charge in [0.15, 0.2) is 0 Å². The van der Waals surface area contributed by atoms with Crippen LogP contribution in [0.1, 0.15) is 27.2 Å². The fourth-order valence-corrected chi connectivity index (χ4v) is 5.44. The third kappa shape index (κ3) is 4.88. The minimum atomic E-state index is -0.989. The fraction of sp³-hybridized carbons (Fsp3) is 0.0968. The lowest BCUT2D eigenvalue weighted by Crippen LogP contribution is -2.23. The summed E-state index contributed by atoms with van der Waals surface area (Å²) < 4.78 is 8.16. The second-order valence-corrected chi connectivity index (χ2v) is 9.43. The number of pyridine rings is 1. The first-order valence-corrected chi connectivity index (χ1v) is 13.1. The number of ketones is 1. The number of primary amides is 1. The SMILES string of the molecule is CSc1c(C(=O)C(N)=O)c2c(OCc3ccccc3)cccn2c1Cc1ccccc1-c1ccccc1. The molecule has 0 radical (unpaired) electrons. The molecule has 2 heterocycles. The molecule has 0 atom stereocenters. The third-order valence-electron chi connectivity index (χ3n) is 6.33. The summed E-state index contributed by atoms with van der Waals surface area (Å²) in [7, 11) is 0. The summed E-state index contributed by atoms with van der Waals surface area (Å²) in [4.78, 5) is 26.0. The maximum atomic E-state index is 13.2. The average molecular weight is 507 g/mol. The van der Waals surface area contributed by atoms with Gasteiger partial charge < -0.3 is 14.9 Å². The molecule has 37 heavy (non-hydrogen) atoms. The van der Waals surface area contributed by atoms with E-state index in [1.807, 2.05) is 89.6 Å². The van der Waals surface area contributed by atoms with Crippen LogP contribution in [0.5, 0.6) is 5.75 Å². The maximum Gasteiger partial charge on any atom is 0.289 e. The number of aromatic nitrogens is 1. The quantitative estimate of drug-likeness (QED) is 0.147. The van der Waals surface area contributed by atoms with Gasteiger partial charge in [0.1, 0.15) is 17.9 Å². The molecule has 0 bridgehead atoms. The molecule has 3 aromatic carbocycles. The minimum Gasteiger partial charge on any atom is -0.487 e. The molecule has 6 heteroatoms. The van der Waals surface area contributed by atoms with Crippen LogP contribution in [-0.4, -0.2) is 22.3 Å². The van der Waals surface area contributed by atoms with Crippen molar-refractivity contribution in [2.45, 2.75) is 17.9 Å². The van der Waals surface area contributed by atoms with Gasteiger partial charge in [-0.1, -0.05) is 84.9 Å². The van der Waals surface area contributed by atoms with Crippen LogP contribution in [-0.2, 0) is 17.8 Å². The maximum absolute atomic E-state index is 13.2. The first kappa shape index (κ1) is 24.4. The molecule has 5 rings (SSSR count). The molecule has 0 aliphatic rings. The number of hydrogen-bond acceptors (Lipinski definition) is 4. The molecule has 2 N–H and O–H groups in total. The van der Waals surface area contributed by atoms with E-state index in [4.69, 9.17) is 10.5 Å². The Morgan fingerprint density at radius 3 is 2.24 bits per heavy atom. The summed E-state index contributed by atoms with van der Waals surface area (Å²) in [6.45, 7) is 0.330. The van der Waals surface area contributed by atoms with Gasteiger partial charge in [-0.2, -0.15) is 0 Å². The predicted molar refractivity (Wildman–Crippen MR) is 148 cm³/mol. The van der Waals surface area contributed by atoms with Crippen molar-refractivity contribution in [1.82, 2.24) is 4.40 Å². The molecular weight excluding hydrogens is 480 g/mol. The number of Topliss-reactive ketones (excluding diaryl/α,β-unsaturated/α-hetero) is 1. The van der Waals surface area contributed by atoms with Crippen molar-refractivity contribution < 1.29 is 14.3 Å². The number of benzene rings is 3. The summed E-state index contributed by atoms with van der Waals surface area (Å²) in [6.07, 6.45) is 4.36. The van der Waals surface area contributed by atoms with Crippen LogP contribution in [0, 0.1) is 0 Å². The predicted octanol–water partition coefficient (Wildman–Crippen LogP) is 6.17. The summed E-state index contributed by atoms with van der Waals surface area (Å²) in [6, 6.07) is 32.0. The molecule has 0 aliphatic carbocycles. The number of rotatable bonds is 9. The van der Waals surface area contributed by atoms with Crippen LogP contribution < -0.4 is 10.5 Å². The zero-order valence-electron chi connectivity index (χ0n) is 20.4. The van der Waals surface area contributed by atoms with Gasteiger partial charge in [0.05, 0.1) is 5.56 Å². The highest BCUT2D eigenvalue weighted by molar-refractivity contribution is 7.98. The van der Waals surface area contributed by atoms with Crippen molar-refractivity contribution in [2.24, 2.45) is 5.73 Å². The fourth-order valence-electron chi connectivity index (χ4n) is 4.64. The van der Waals surface area contributed by atoms with Crippen molar-refractivity contribution in [1.29, 1.82) is 0 Å². The van der Waals surface area contributed by atoms with Gasteiger partial charge in [0.2, 0.25) is 0 Å². The Kier molecular flexibility index (Phi) is 7.10. The Labute approximate surface area is 219 Å². The highest BCUT2D eigenvalue weighted by Crippen LogP contribution is 2.38. The lowest BCUT2D eigenvalue weighted by Gasteiger charge is -2.12. The van der Waals surface area contributed by atoms with Crippen LogP contribution in [0.3, 0.4) is 0 Å². The smallest absolute Gasteiger partial charge is 0.289 e. The van der Waals surface area contributed by atoms with Crippen molar-refractivity contribution in [2.75, 3.05) is 6.26 Å². The molecule has 0 saturated heterocycles. The van der Waals surface area contributed by atoms with E-state index in [2.05, 4.69) is 24.3 Å². The molecule has 184 valence electrons. The summed E-state index contributed by atoms with van der Waals surface area (Å²) >= 11 is 1.43. The number of nitrogens with zero attached hydrogens (tertiary/aromatic N) is 1. The molecule has 2 aromatic heterocycles. The number of thioether (sulfide) groups is 1. The zero-order chi connectivity index (χ0) is 25.8. The van der Waals surface area contributed by atoms with Gasteiger partial charge in [-0.3, -0.25) is 9.59 Å². The van der Waals surface area contributed by atoms with Gasteiger partial charge >= 0.3 is 0 Å². The summed E-state index contributed by atoms with van der Waals surface area (Å²) in [5.41, 5.74) is 11.6. The van der Waals surface area contributed by atoms with Gasteiger partial charge in [-0.25, -0.2) is 0 Å².